The molecule has 2 heterocycles. The van der Waals surface area contributed by atoms with Crippen LogP contribution in [0.25, 0.3) is 0 Å². The van der Waals surface area contributed by atoms with Crippen LogP contribution in [-0.4, -0.2) is 21.5 Å². The van der Waals surface area contributed by atoms with Gasteiger partial charge in [0, 0.05) is 12.1 Å². The molecule has 0 radical (unpaired) electrons. The molecule has 0 saturated carbocycles. The highest BCUT2D eigenvalue weighted by atomic mass is 32.2. The topological polar surface area (TPSA) is 63.8 Å². The number of aryl methyl sites for hydroxylation is 2. The molecule has 2 aromatic rings. The van der Waals surface area contributed by atoms with E-state index in [1.165, 1.54) is 11.8 Å². The molecule has 0 spiro atoms. The fourth-order valence-electron chi connectivity index (χ4n) is 1.69. The Morgan fingerprint density at radius 1 is 1.26 bits per heavy atom. The number of aromatic nitrogens is 3. The van der Waals surface area contributed by atoms with Crippen molar-refractivity contribution in [1.29, 1.82) is 0 Å². The normalized spacial score (nSPS) is 10.7. The Morgan fingerprint density at radius 3 is 2.63 bits per heavy atom. The van der Waals surface area contributed by atoms with E-state index in [0.717, 1.165) is 40.8 Å². The molecule has 2 aromatic heterocycles. The minimum atomic E-state index is 0.630. The predicted octanol–water partition coefficient (Wildman–Crippen LogP) is 3.23. The minimum Gasteiger partial charge on any atom is -0.436 e. The molecule has 5 nitrogen and oxygen atoms in total. The third kappa shape index (κ3) is 3.07. The molecule has 0 unspecified atom stereocenters. The van der Waals surface area contributed by atoms with Gasteiger partial charge in [-0.05, 0) is 39.0 Å². The SMILES string of the molecule is CCNc1ncnc(Sc2nc(C)c(C)o2)c1CC. The smallest absolute Gasteiger partial charge is 0.262 e. The summed E-state index contributed by atoms with van der Waals surface area (Å²) >= 11 is 1.44. The first-order chi connectivity index (χ1) is 9.15. The van der Waals surface area contributed by atoms with Crippen molar-refractivity contribution >= 4 is 17.6 Å². The lowest BCUT2D eigenvalue weighted by Gasteiger charge is -2.10. The first-order valence-electron chi connectivity index (χ1n) is 6.35. The van der Waals surface area contributed by atoms with Gasteiger partial charge < -0.3 is 9.73 Å². The monoisotopic (exact) mass is 278 g/mol. The van der Waals surface area contributed by atoms with Gasteiger partial charge in [0.15, 0.2) is 0 Å². The van der Waals surface area contributed by atoms with Gasteiger partial charge in [-0.15, -0.1) is 0 Å². The van der Waals surface area contributed by atoms with Gasteiger partial charge >= 0.3 is 0 Å². The largest absolute Gasteiger partial charge is 0.436 e. The van der Waals surface area contributed by atoms with E-state index >= 15 is 0 Å². The standard InChI is InChI=1S/C13H18N4OS/c1-5-10-11(14-6-2)15-7-16-12(10)19-13-17-8(3)9(4)18-13/h7H,5-6H2,1-4H3,(H,14,15,16). The zero-order chi connectivity index (χ0) is 13.8. The van der Waals surface area contributed by atoms with Gasteiger partial charge in [-0.3, -0.25) is 0 Å². The van der Waals surface area contributed by atoms with E-state index in [4.69, 9.17) is 4.42 Å². The van der Waals surface area contributed by atoms with Crippen molar-refractivity contribution in [2.75, 3.05) is 11.9 Å². The molecule has 2 rings (SSSR count). The van der Waals surface area contributed by atoms with Crippen LogP contribution in [0.4, 0.5) is 5.82 Å². The van der Waals surface area contributed by atoms with Gasteiger partial charge in [0.25, 0.3) is 5.22 Å². The summed E-state index contributed by atoms with van der Waals surface area (Å²) in [7, 11) is 0. The Kier molecular flexibility index (Phi) is 4.42. The second-order valence-electron chi connectivity index (χ2n) is 4.11. The van der Waals surface area contributed by atoms with Crippen LogP contribution >= 0.6 is 11.8 Å². The third-order valence-corrected chi connectivity index (χ3v) is 3.69. The third-order valence-electron chi connectivity index (χ3n) is 2.80. The van der Waals surface area contributed by atoms with Crippen LogP contribution in [0.5, 0.6) is 0 Å². The molecule has 0 aliphatic carbocycles. The average Bonchev–Trinajstić information content (AvgIpc) is 2.69. The predicted molar refractivity (Wildman–Crippen MR) is 75.7 cm³/mol. The second kappa shape index (κ2) is 6.06. The maximum atomic E-state index is 5.59. The molecule has 0 atom stereocenters. The Hall–Kier alpha value is -1.56. The Balaban J connectivity index is 2.31. The van der Waals surface area contributed by atoms with Crippen LogP contribution in [0.3, 0.4) is 0 Å². The van der Waals surface area contributed by atoms with Crippen molar-refractivity contribution in [3.05, 3.63) is 23.3 Å². The first kappa shape index (κ1) is 13.9. The number of rotatable bonds is 5. The second-order valence-corrected chi connectivity index (χ2v) is 5.05. The van der Waals surface area contributed by atoms with Gasteiger partial charge in [0.05, 0.1) is 5.69 Å². The van der Waals surface area contributed by atoms with E-state index in [0.29, 0.717) is 5.22 Å². The van der Waals surface area contributed by atoms with E-state index in [9.17, 15) is 0 Å². The van der Waals surface area contributed by atoms with Crippen LogP contribution in [0.1, 0.15) is 30.9 Å². The van der Waals surface area contributed by atoms with E-state index < -0.39 is 0 Å². The van der Waals surface area contributed by atoms with Gasteiger partial charge in [0.2, 0.25) is 0 Å². The highest BCUT2D eigenvalue weighted by molar-refractivity contribution is 7.99. The summed E-state index contributed by atoms with van der Waals surface area (Å²) in [5.74, 6) is 1.74. The van der Waals surface area contributed by atoms with Gasteiger partial charge in [-0.1, -0.05) is 6.92 Å². The molecule has 0 saturated heterocycles. The maximum absolute atomic E-state index is 5.59. The number of oxazole rings is 1. The van der Waals surface area contributed by atoms with Crippen molar-refractivity contribution in [1.82, 2.24) is 15.0 Å². The van der Waals surface area contributed by atoms with Crippen molar-refractivity contribution in [2.45, 2.75) is 44.4 Å². The summed E-state index contributed by atoms with van der Waals surface area (Å²) in [6.45, 7) is 8.83. The minimum absolute atomic E-state index is 0.630. The molecule has 0 aliphatic rings. The van der Waals surface area contributed by atoms with Crippen molar-refractivity contribution in [2.24, 2.45) is 0 Å². The molecule has 1 N–H and O–H groups in total. The van der Waals surface area contributed by atoms with Gasteiger partial charge in [-0.25, -0.2) is 15.0 Å². The number of nitrogens with zero attached hydrogens (tertiary/aromatic N) is 3. The fourth-order valence-corrected chi connectivity index (χ4v) is 2.67. The molecular formula is C13H18N4OS. The molecule has 0 aliphatic heterocycles. The van der Waals surface area contributed by atoms with Gasteiger partial charge in [-0.2, -0.15) is 0 Å². The number of nitrogens with one attached hydrogen (secondary N) is 1. The highest BCUT2D eigenvalue weighted by Gasteiger charge is 2.14. The van der Waals surface area contributed by atoms with E-state index in [-0.39, 0.29) is 0 Å². The number of hydrogen-bond donors (Lipinski definition) is 1. The quantitative estimate of drug-likeness (QED) is 0.847. The molecule has 0 fully saturated rings. The molecule has 19 heavy (non-hydrogen) atoms. The van der Waals surface area contributed by atoms with E-state index in [1.54, 1.807) is 6.33 Å². The summed E-state index contributed by atoms with van der Waals surface area (Å²) in [6.07, 6.45) is 2.44. The van der Waals surface area contributed by atoms with E-state index in [2.05, 4.69) is 34.1 Å². The Bertz CT molecular complexity index is 548. The fraction of sp³-hybridized carbons (Fsp3) is 0.462. The summed E-state index contributed by atoms with van der Waals surface area (Å²) < 4.78 is 5.59. The Morgan fingerprint density at radius 2 is 2.05 bits per heavy atom. The van der Waals surface area contributed by atoms with Crippen LogP contribution in [0, 0.1) is 13.8 Å². The lowest BCUT2D eigenvalue weighted by atomic mass is 10.2. The van der Waals surface area contributed by atoms with E-state index in [1.807, 2.05) is 13.8 Å². The summed E-state index contributed by atoms with van der Waals surface area (Å²) in [4.78, 5) is 13.0. The zero-order valence-electron chi connectivity index (χ0n) is 11.6. The van der Waals surface area contributed by atoms with Crippen LogP contribution in [0.15, 0.2) is 21.0 Å². The summed E-state index contributed by atoms with van der Waals surface area (Å²) in [6, 6.07) is 0. The summed E-state index contributed by atoms with van der Waals surface area (Å²) in [5.41, 5.74) is 2.02. The van der Waals surface area contributed by atoms with Crippen LogP contribution in [0.2, 0.25) is 0 Å². The van der Waals surface area contributed by atoms with Gasteiger partial charge in [0.1, 0.15) is 22.9 Å². The molecule has 0 amide bonds. The lowest BCUT2D eigenvalue weighted by molar-refractivity contribution is 0.431. The highest BCUT2D eigenvalue weighted by Crippen LogP contribution is 2.31. The molecule has 0 bridgehead atoms. The van der Waals surface area contributed by atoms with Crippen LogP contribution < -0.4 is 5.32 Å². The zero-order valence-corrected chi connectivity index (χ0v) is 12.5. The summed E-state index contributed by atoms with van der Waals surface area (Å²) in [5, 5.41) is 4.78. The first-order valence-corrected chi connectivity index (χ1v) is 7.17. The molecule has 6 heteroatoms. The number of hydrogen-bond acceptors (Lipinski definition) is 6. The van der Waals surface area contributed by atoms with Crippen molar-refractivity contribution < 1.29 is 4.42 Å². The maximum Gasteiger partial charge on any atom is 0.262 e. The number of anilines is 1. The van der Waals surface area contributed by atoms with Crippen molar-refractivity contribution in [3.8, 4) is 0 Å². The van der Waals surface area contributed by atoms with Crippen molar-refractivity contribution in [3.63, 3.8) is 0 Å². The Labute approximate surface area is 117 Å². The lowest BCUT2D eigenvalue weighted by Crippen LogP contribution is -2.05. The molecule has 0 aromatic carbocycles. The van der Waals surface area contributed by atoms with Crippen LogP contribution in [-0.2, 0) is 6.42 Å². The molecule has 102 valence electrons. The molecular weight excluding hydrogens is 260 g/mol. The average molecular weight is 278 g/mol.